The maximum atomic E-state index is 2.26. The first-order valence-electron chi connectivity index (χ1n) is 3.35. The summed E-state index contributed by atoms with van der Waals surface area (Å²) in [6.45, 7) is 0. The quantitative estimate of drug-likeness (QED) is 0.509. The molecule has 0 aromatic heterocycles. The van der Waals surface area contributed by atoms with Crippen molar-refractivity contribution < 1.29 is 0 Å². The van der Waals surface area contributed by atoms with Gasteiger partial charge in [0.25, 0.3) is 0 Å². The molecule has 2 aliphatic rings. The molecular weight excluding hydrogens is 140 g/mol. The van der Waals surface area contributed by atoms with Gasteiger partial charge in [0.2, 0.25) is 0 Å². The van der Waals surface area contributed by atoms with Crippen LogP contribution in [0.25, 0.3) is 0 Å². The first-order chi connectivity index (χ1) is 4.97. The van der Waals surface area contributed by atoms with Gasteiger partial charge in [0.15, 0.2) is 0 Å². The Kier molecular flexibility index (Phi) is 1.52. The molecular formula is C9H8S. The number of thioether (sulfide) groups is 1. The average molecular weight is 148 g/mol. The number of fused-ring (bicyclic) bond motifs is 1. The highest BCUT2D eigenvalue weighted by molar-refractivity contribution is 8.03. The molecule has 50 valence electrons. The summed E-state index contributed by atoms with van der Waals surface area (Å²) in [5, 5.41) is 0. The van der Waals surface area contributed by atoms with Crippen molar-refractivity contribution in [1.29, 1.82) is 0 Å². The smallest absolute Gasteiger partial charge is 0.0170 e. The Labute approximate surface area is 65.0 Å². The van der Waals surface area contributed by atoms with Gasteiger partial charge >= 0.3 is 0 Å². The number of rotatable bonds is 0. The van der Waals surface area contributed by atoms with Crippen LogP contribution in [-0.2, 0) is 0 Å². The van der Waals surface area contributed by atoms with Crippen molar-refractivity contribution in [2.24, 2.45) is 0 Å². The van der Waals surface area contributed by atoms with Crippen molar-refractivity contribution in [3.63, 3.8) is 0 Å². The lowest BCUT2D eigenvalue weighted by Crippen LogP contribution is -1.70. The normalized spacial score (nSPS) is 21.6. The molecule has 1 aliphatic carbocycles. The highest BCUT2D eigenvalue weighted by atomic mass is 32.2. The maximum absolute atomic E-state index is 2.26. The molecule has 0 bridgehead atoms. The van der Waals surface area contributed by atoms with Gasteiger partial charge in [-0.05, 0) is 11.6 Å². The zero-order chi connectivity index (χ0) is 6.81. The molecule has 1 heterocycles. The molecule has 0 spiro atoms. The largest absolute Gasteiger partial charge is 0.121 e. The molecule has 1 aliphatic heterocycles. The van der Waals surface area contributed by atoms with Crippen molar-refractivity contribution in [3.8, 4) is 0 Å². The summed E-state index contributed by atoms with van der Waals surface area (Å²) in [6, 6.07) is 0. The van der Waals surface area contributed by atoms with E-state index in [0.29, 0.717) is 0 Å². The molecule has 0 nitrogen and oxygen atoms in total. The van der Waals surface area contributed by atoms with Crippen LogP contribution in [-0.4, -0.2) is 5.75 Å². The Hall–Kier alpha value is -0.690. The standard InChI is InChI=1S/C9H8S/c1-2-4-8-6-7-10-9(8)5-3-1/h1-6H,7H2. The molecule has 10 heavy (non-hydrogen) atoms. The highest BCUT2D eigenvalue weighted by Gasteiger charge is 2.08. The molecule has 1 heteroatoms. The fourth-order valence-electron chi connectivity index (χ4n) is 1.07. The SMILES string of the molecule is C1=CC=C2SCC=C2C=C1. The summed E-state index contributed by atoms with van der Waals surface area (Å²) in [7, 11) is 0. The second kappa shape index (κ2) is 2.51. The number of allylic oxidation sites excluding steroid dienone is 6. The van der Waals surface area contributed by atoms with Crippen LogP contribution < -0.4 is 0 Å². The van der Waals surface area contributed by atoms with Crippen LogP contribution in [0.4, 0.5) is 0 Å². The molecule has 0 unspecified atom stereocenters. The van der Waals surface area contributed by atoms with Gasteiger partial charge < -0.3 is 0 Å². The van der Waals surface area contributed by atoms with E-state index in [1.165, 1.54) is 10.5 Å². The lowest BCUT2D eigenvalue weighted by molar-refractivity contribution is 1.66. The Morgan fingerprint density at radius 2 is 2.20 bits per heavy atom. The molecule has 0 amide bonds. The minimum atomic E-state index is 1.14. The third-order valence-electron chi connectivity index (χ3n) is 1.57. The van der Waals surface area contributed by atoms with Crippen LogP contribution >= 0.6 is 11.8 Å². The summed E-state index contributed by atoms with van der Waals surface area (Å²) in [4.78, 5) is 1.41. The van der Waals surface area contributed by atoms with E-state index in [-0.39, 0.29) is 0 Å². The lowest BCUT2D eigenvalue weighted by Gasteiger charge is -1.93. The predicted molar refractivity (Wildman–Crippen MR) is 46.9 cm³/mol. The number of hydrogen-bond donors (Lipinski definition) is 0. The maximum Gasteiger partial charge on any atom is 0.0170 e. The Morgan fingerprint density at radius 1 is 1.20 bits per heavy atom. The van der Waals surface area contributed by atoms with Crippen LogP contribution in [0.3, 0.4) is 0 Å². The van der Waals surface area contributed by atoms with E-state index in [9.17, 15) is 0 Å². The summed E-state index contributed by atoms with van der Waals surface area (Å²) in [6.07, 6.45) is 12.8. The first kappa shape index (κ1) is 6.05. The van der Waals surface area contributed by atoms with Crippen LogP contribution in [0, 0.1) is 0 Å². The van der Waals surface area contributed by atoms with Crippen molar-refractivity contribution in [3.05, 3.63) is 46.9 Å². The van der Waals surface area contributed by atoms with Gasteiger partial charge in [-0.3, -0.25) is 0 Å². The molecule has 0 saturated heterocycles. The van der Waals surface area contributed by atoms with E-state index in [4.69, 9.17) is 0 Å². The summed E-state index contributed by atoms with van der Waals surface area (Å²) < 4.78 is 0. The van der Waals surface area contributed by atoms with Crippen molar-refractivity contribution in [2.45, 2.75) is 0 Å². The van der Waals surface area contributed by atoms with Gasteiger partial charge in [-0.2, -0.15) is 0 Å². The van der Waals surface area contributed by atoms with E-state index in [1.54, 1.807) is 0 Å². The van der Waals surface area contributed by atoms with E-state index < -0.39 is 0 Å². The Morgan fingerprint density at radius 3 is 3.20 bits per heavy atom. The molecule has 0 aromatic rings. The zero-order valence-electron chi connectivity index (χ0n) is 5.58. The van der Waals surface area contributed by atoms with Crippen LogP contribution in [0.5, 0.6) is 0 Å². The fraction of sp³-hybridized carbons (Fsp3) is 0.111. The van der Waals surface area contributed by atoms with Gasteiger partial charge in [0.05, 0.1) is 0 Å². The first-order valence-corrected chi connectivity index (χ1v) is 4.34. The second-order valence-electron chi connectivity index (χ2n) is 2.25. The molecule has 0 atom stereocenters. The van der Waals surface area contributed by atoms with Crippen molar-refractivity contribution >= 4 is 11.8 Å². The van der Waals surface area contributed by atoms with Crippen molar-refractivity contribution in [2.75, 3.05) is 5.75 Å². The van der Waals surface area contributed by atoms with Gasteiger partial charge in [-0.15, -0.1) is 11.8 Å². The minimum Gasteiger partial charge on any atom is -0.121 e. The van der Waals surface area contributed by atoms with E-state index in [2.05, 4.69) is 36.5 Å². The fourth-order valence-corrected chi connectivity index (χ4v) is 2.00. The molecule has 2 rings (SSSR count). The third kappa shape index (κ3) is 0.971. The van der Waals surface area contributed by atoms with Gasteiger partial charge in [-0.25, -0.2) is 0 Å². The highest BCUT2D eigenvalue weighted by Crippen LogP contribution is 2.32. The molecule has 0 fully saturated rings. The molecule has 0 aromatic carbocycles. The zero-order valence-corrected chi connectivity index (χ0v) is 6.40. The third-order valence-corrected chi connectivity index (χ3v) is 2.59. The van der Waals surface area contributed by atoms with E-state index in [1.807, 2.05) is 11.8 Å². The molecule has 0 saturated carbocycles. The van der Waals surface area contributed by atoms with E-state index >= 15 is 0 Å². The van der Waals surface area contributed by atoms with Crippen molar-refractivity contribution in [1.82, 2.24) is 0 Å². The Bertz CT molecular complexity index is 254. The second-order valence-corrected chi connectivity index (χ2v) is 3.31. The number of hydrogen-bond acceptors (Lipinski definition) is 1. The lowest BCUT2D eigenvalue weighted by atomic mass is 10.2. The predicted octanol–water partition coefficient (Wildman–Crippen LogP) is 2.67. The monoisotopic (exact) mass is 148 g/mol. The molecule has 0 radical (unpaired) electrons. The van der Waals surface area contributed by atoms with Crippen LogP contribution in [0.15, 0.2) is 46.9 Å². The minimum absolute atomic E-state index is 1.14. The topological polar surface area (TPSA) is 0 Å². The van der Waals surface area contributed by atoms with Crippen LogP contribution in [0.2, 0.25) is 0 Å². The molecule has 0 N–H and O–H groups in total. The Balaban J connectivity index is 2.42. The summed E-state index contributed by atoms with van der Waals surface area (Å²) in [5.41, 5.74) is 1.38. The van der Waals surface area contributed by atoms with Gasteiger partial charge in [0.1, 0.15) is 0 Å². The average Bonchev–Trinajstić information content (AvgIpc) is 2.28. The van der Waals surface area contributed by atoms with Crippen LogP contribution in [0.1, 0.15) is 0 Å². The van der Waals surface area contributed by atoms with Gasteiger partial charge in [0, 0.05) is 10.7 Å². The van der Waals surface area contributed by atoms with Gasteiger partial charge in [-0.1, -0.05) is 30.4 Å². The van der Waals surface area contributed by atoms with E-state index in [0.717, 1.165) is 5.75 Å². The summed E-state index contributed by atoms with van der Waals surface area (Å²) in [5.74, 6) is 1.14. The summed E-state index contributed by atoms with van der Waals surface area (Å²) >= 11 is 1.91.